The van der Waals surface area contributed by atoms with E-state index < -0.39 is 11.9 Å². The van der Waals surface area contributed by atoms with Crippen molar-refractivity contribution in [1.82, 2.24) is 14.5 Å². The summed E-state index contributed by atoms with van der Waals surface area (Å²) in [6.07, 6.45) is 4.43. The molecule has 0 fully saturated rings. The van der Waals surface area contributed by atoms with Crippen molar-refractivity contribution in [3.63, 3.8) is 0 Å². The molecule has 0 unspecified atom stereocenters. The molecule has 134 valence electrons. The molecule has 7 heteroatoms. The number of nitrogens with two attached hydrogens (primary N) is 1. The Hall–Kier alpha value is -3.22. The van der Waals surface area contributed by atoms with Gasteiger partial charge in [0.05, 0.1) is 22.9 Å². The standard InChI is InChI=1S/C19H20N4O3/c1-10(2)26-19(25)15-7-21-9-22-16(15)12-5-13-11(3)8-23(4)17(13)14(6-12)18(20)24/h5-10H,1-4H3,(H2,20,24). The Kier molecular flexibility index (Phi) is 4.46. The van der Waals surface area contributed by atoms with Crippen molar-refractivity contribution in [2.75, 3.05) is 0 Å². The van der Waals surface area contributed by atoms with Crippen molar-refractivity contribution in [3.8, 4) is 11.3 Å². The zero-order valence-corrected chi connectivity index (χ0v) is 15.1. The Morgan fingerprint density at radius 2 is 1.96 bits per heavy atom. The van der Waals surface area contributed by atoms with E-state index in [0.717, 1.165) is 16.5 Å². The first-order valence-corrected chi connectivity index (χ1v) is 8.20. The van der Waals surface area contributed by atoms with Gasteiger partial charge in [-0.1, -0.05) is 0 Å². The summed E-state index contributed by atoms with van der Waals surface area (Å²) in [6.45, 7) is 5.49. The first-order valence-electron chi connectivity index (χ1n) is 8.20. The highest BCUT2D eigenvalue weighted by Gasteiger charge is 2.20. The number of carbonyl (C=O) groups is 2. The van der Waals surface area contributed by atoms with Crippen molar-refractivity contribution < 1.29 is 14.3 Å². The van der Waals surface area contributed by atoms with Crippen molar-refractivity contribution in [2.24, 2.45) is 12.8 Å². The number of ether oxygens (including phenoxy) is 1. The molecule has 26 heavy (non-hydrogen) atoms. The predicted molar refractivity (Wildman–Crippen MR) is 97.8 cm³/mol. The molecule has 7 nitrogen and oxygen atoms in total. The minimum atomic E-state index is -0.543. The molecule has 1 aromatic carbocycles. The summed E-state index contributed by atoms with van der Waals surface area (Å²) in [5.41, 5.74) is 8.96. The Labute approximate surface area is 150 Å². The summed E-state index contributed by atoms with van der Waals surface area (Å²) in [6, 6.07) is 3.55. The van der Waals surface area contributed by atoms with Crippen LogP contribution in [-0.2, 0) is 11.8 Å². The smallest absolute Gasteiger partial charge is 0.342 e. The summed E-state index contributed by atoms with van der Waals surface area (Å²) in [5, 5.41) is 0.876. The Morgan fingerprint density at radius 1 is 1.23 bits per heavy atom. The molecule has 3 rings (SSSR count). The second-order valence-electron chi connectivity index (χ2n) is 6.45. The number of carbonyl (C=O) groups excluding carboxylic acids is 2. The van der Waals surface area contributed by atoms with Crippen LogP contribution in [-0.4, -0.2) is 32.5 Å². The quantitative estimate of drug-likeness (QED) is 0.728. The van der Waals surface area contributed by atoms with Crippen molar-refractivity contribution in [1.29, 1.82) is 0 Å². The first-order chi connectivity index (χ1) is 12.3. The van der Waals surface area contributed by atoms with Crippen LogP contribution in [0.15, 0.2) is 30.9 Å². The molecular formula is C19H20N4O3. The van der Waals surface area contributed by atoms with Gasteiger partial charge in [-0.15, -0.1) is 0 Å². The number of aromatic nitrogens is 3. The van der Waals surface area contributed by atoms with E-state index in [2.05, 4.69) is 9.97 Å². The molecule has 0 aliphatic rings. The van der Waals surface area contributed by atoms with Crippen LogP contribution in [0, 0.1) is 6.92 Å². The number of hydrogen-bond acceptors (Lipinski definition) is 5. The lowest BCUT2D eigenvalue weighted by atomic mass is 9.99. The first kappa shape index (κ1) is 17.6. The van der Waals surface area contributed by atoms with E-state index in [0.29, 0.717) is 16.8 Å². The minimum Gasteiger partial charge on any atom is -0.459 e. The van der Waals surface area contributed by atoms with E-state index in [1.807, 2.05) is 30.8 Å². The van der Waals surface area contributed by atoms with Crippen LogP contribution in [0.25, 0.3) is 22.2 Å². The molecule has 1 amide bonds. The molecule has 2 heterocycles. The molecule has 0 aliphatic carbocycles. The third kappa shape index (κ3) is 3.03. The lowest BCUT2D eigenvalue weighted by molar-refractivity contribution is 0.0378. The van der Waals surface area contributed by atoms with Gasteiger partial charge in [-0.2, -0.15) is 0 Å². The number of primary amides is 1. The van der Waals surface area contributed by atoms with Crippen LogP contribution in [0.1, 0.15) is 40.1 Å². The molecule has 3 aromatic rings. The second-order valence-corrected chi connectivity index (χ2v) is 6.45. The van der Waals surface area contributed by atoms with Gasteiger partial charge in [0.2, 0.25) is 0 Å². The number of hydrogen-bond donors (Lipinski definition) is 1. The van der Waals surface area contributed by atoms with Crippen LogP contribution < -0.4 is 5.73 Å². The number of esters is 1. The average molecular weight is 352 g/mol. The molecule has 0 spiro atoms. The lowest BCUT2D eigenvalue weighted by Crippen LogP contribution is -2.15. The van der Waals surface area contributed by atoms with Gasteiger partial charge in [0.25, 0.3) is 5.91 Å². The van der Waals surface area contributed by atoms with Gasteiger partial charge in [0.15, 0.2) is 0 Å². The van der Waals surface area contributed by atoms with E-state index in [9.17, 15) is 9.59 Å². The number of rotatable bonds is 4. The number of amides is 1. The maximum atomic E-state index is 12.4. The van der Waals surface area contributed by atoms with Gasteiger partial charge in [0, 0.05) is 30.4 Å². The minimum absolute atomic E-state index is 0.240. The zero-order chi connectivity index (χ0) is 19.0. The van der Waals surface area contributed by atoms with Gasteiger partial charge in [-0.3, -0.25) is 4.79 Å². The SMILES string of the molecule is Cc1cn(C)c2c(C(N)=O)cc(-c3ncncc3C(=O)OC(C)C)cc12. The maximum Gasteiger partial charge on any atom is 0.342 e. The Bertz CT molecular complexity index is 1020. The van der Waals surface area contributed by atoms with Gasteiger partial charge in [-0.25, -0.2) is 14.8 Å². The second kappa shape index (κ2) is 6.59. The monoisotopic (exact) mass is 352 g/mol. The molecule has 0 saturated carbocycles. The highest BCUT2D eigenvalue weighted by molar-refractivity contribution is 6.08. The van der Waals surface area contributed by atoms with Crippen LogP contribution in [0.5, 0.6) is 0 Å². The highest BCUT2D eigenvalue weighted by atomic mass is 16.5. The van der Waals surface area contributed by atoms with Gasteiger partial charge >= 0.3 is 5.97 Å². The van der Waals surface area contributed by atoms with E-state index in [1.54, 1.807) is 19.9 Å². The van der Waals surface area contributed by atoms with Crippen LogP contribution >= 0.6 is 0 Å². The molecule has 2 N–H and O–H groups in total. The van der Waals surface area contributed by atoms with E-state index in [1.165, 1.54) is 12.5 Å². The summed E-state index contributed by atoms with van der Waals surface area (Å²) in [7, 11) is 1.86. The topological polar surface area (TPSA) is 100 Å². The fraction of sp³-hybridized carbons (Fsp3) is 0.263. The molecule has 0 radical (unpaired) electrons. The molecule has 0 saturated heterocycles. The van der Waals surface area contributed by atoms with Gasteiger partial charge in [-0.05, 0) is 38.5 Å². The molecule has 0 atom stereocenters. The molecule has 0 aliphatic heterocycles. The summed E-state index contributed by atoms with van der Waals surface area (Å²) < 4.78 is 7.14. The predicted octanol–water partition coefficient (Wildman–Crippen LogP) is 2.61. The third-order valence-corrected chi connectivity index (χ3v) is 4.09. The average Bonchev–Trinajstić information content (AvgIpc) is 2.87. The van der Waals surface area contributed by atoms with Crippen molar-refractivity contribution in [3.05, 3.63) is 47.5 Å². The third-order valence-electron chi connectivity index (χ3n) is 4.09. The molecule has 0 bridgehead atoms. The summed E-state index contributed by atoms with van der Waals surface area (Å²) in [4.78, 5) is 32.6. The van der Waals surface area contributed by atoms with E-state index >= 15 is 0 Å². The Balaban J connectivity index is 2.26. The summed E-state index contributed by atoms with van der Waals surface area (Å²) in [5.74, 6) is -1.06. The lowest BCUT2D eigenvalue weighted by Gasteiger charge is -2.12. The van der Waals surface area contributed by atoms with Gasteiger partial charge < -0.3 is 15.0 Å². The zero-order valence-electron chi connectivity index (χ0n) is 15.1. The normalized spacial score (nSPS) is 11.1. The molecule has 2 aromatic heterocycles. The van der Waals surface area contributed by atoms with E-state index in [4.69, 9.17) is 10.5 Å². The highest BCUT2D eigenvalue weighted by Crippen LogP contribution is 2.31. The number of aryl methyl sites for hydroxylation is 2. The van der Waals surface area contributed by atoms with Crippen molar-refractivity contribution in [2.45, 2.75) is 26.9 Å². The van der Waals surface area contributed by atoms with Gasteiger partial charge in [0.1, 0.15) is 11.9 Å². The maximum absolute atomic E-state index is 12.4. The van der Waals surface area contributed by atoms with Crippen LogP contribution in [0.2, 0.25) is 0 Å². The number of fused-ring (bicyclic) bond motifs is 1. The fourth-order valence-corrected chi connectivity index (χ4v) is 3.05. The fourth-order valence-electron chi connectivity index (χ4n) is 3.05. The van der Waals surface area contributed by atoms with E-state index in [-0.39, 0.29) is 11.7 Å². The number of benzene rings is 1. The Morgan fingerprint density at radius 3 is 2.62 bits per heavy atom. The largest absolute Gasteiger partial charge is 0.459 e. The summed E-state index contributed by atoms with van der Waals surface area (Å²) >= 11 is 0. The van der Waals surface area contributed by atoms with Crippen LogP contribution in [0.4, 0.5) is 0 Å². The molecular weight excluding hydrogens is 332 g/mol. The number of nitrogens with zero attached hydrogens (tertiary/aromatic N) is 3. The van der Waals surface area contributed by atoms with Crippen LogP contribution in [0.3, 0.4) is 0 Å². The van der Waals surface area contributed by atoms with Crippen molar-refractivity contribution >= 4 is 22.8 Å².